The molecule has 0 radical (unpaired) electrons. The zero-order valence-electron chi connectivity index (χ0n) is 8.72. The van der Waals surface area contributed by atoms with Gasteiger partial charge in [0, 0.05) is 18.2 Å². The molecule has 0 saturated carbocycles. The Morgan fingerprint density at radius 1 is 1.33 bits per heavy atom. The molecule has 0 spiro atoms. The van der Waals surface area contributed by atoms with Crippen LogP contribution in [0.2, 0.25) is 0 Å². The van der Waals surface area contributed by atoms with Gasteiger partial charge in [-0.05, 0) is 12.6 Å². The van der Waals surface area contributed by atoms with Gasteiger partial charge in [-0.3, -0.25) is 0 Å². The zero-order valence-corrected chi connectivity index (χ0v) is 8.72. The number of rotatable bonds is 6. The predicted molar refractivity (Wildman–Crippen MR) is 54.6 cm³/mol. The van der Waals surface area contributed by atoms with Crippen molar-refractivity contribution in [3.05, 3.63) is 35.4 Å². The van der Waals surface area contributed by atoms with E-state index in [0.29, 0.717) is 12.2 Å². The minimum absolute atomic E-state index is 0.178. The molecule has 0 fully saturated rings. The van der Waals surface area contributed by atoms with Crippen molar-refractivity contribution in [2.75, 3.05) is 19.7 Å². The minimum atomic E-state index is -0.566. The summed E-state index contributed by atoms with van der Waals surface area (Å²) in [6.45, 7) is 4.31. The molecule has 84 valence electrons. The summed E-state index contributed by atoms with van der Waals surface area (Å²) >= 11 is 0. The lowest BCUT2D eigenvalue weighted by Gasteiger charge is -2.05. The average Bonchev–Trinajstić information content (AvgIpc) is 2.20. The molecular weight excluding hydrogens is 200 g/mol. The van der Waals surface area contributed by atoms with Gasteiger partial charge in [0.05, 0.1) is 13.2 Å². The summed E-state index contributed by atoms with van der Waals surface area (Å²) in [6.07, 6.45) is 0. The molecule has 0 heterocycles. The summed E-state index contributed by atoms with van der Waals surface area (Å²) in [4.78, 5) is 0. The Morgan fingerprint density at radius 2 is 2.13 bits per heavy atom. The van der Waals surface area contributed by atoms with Crippen molar-refractivity contribution in [1.82, 2.24) is 5.32 Å². The fourth-order valence-corrected chi connectivity index (χ4v) is 1.14. The van der Waals surface area contributed by atoms with E-state index in [4.69, 9.17) is 4.74 Å². The van der Waals surface area contributed by atoms with Gasteiger partial charge >= 0.3 is 0 Å². The summed E-state index contributed by atoms with van der Waals surface area (Å²) in [5.41, 5.74) is 0.382. The van der Waals surface area contributed by atoms with Crippen LogP contribution >= 0.6 is 0 Å². The summed E-state index contributed by atoms with van der Waals surface area (Å²) < 4.78 is 30.9. The highest BCUT2D eigenvalue weighted by Gasteiger charge is 2.03. The minimum Gasteiger partial charge on any atom is -0.375 e. The van der Waals surface area contributed by atoms with Crippen LogP contribution in [0.1, 0.15) is 12.5 Å². The van der Waals surface area contributed by atoms with Gasteiger partial charge in [0.15, 0.2) is 0 Å². The van der Waals surface area contributed by atoms with Crippen molar-refractivity contribution in [2.45, 2.75) is 13.5 Å². The van der Waals surface area contributed by atoms with Gasteiger partial charge < -0.3 is 10.1 Å². The van der Waals surface area contributed by atoms with Crippen LogP contribution in [0, 0.1) is 11.6 Å². The molecule has 1 aromatic rings. The lowest BCUT2D eigenvalue weighted by Crippen LogP contribution is -2.18. The van der Waals surface area contributed by atoms with Crippen LogP contribution in [0.5, 0.6) is 0 Å². The molecule has 2 nitrogen and oxygen atoms in total. The molecule has 0 unspecified atom stereocenters. The molecular formula is C11H15F2NO. The monoisotopic (exact) mass is 215 g/mol. The van der Waals surface area contributed by atoms with Crippen molar-refractivity contribution in [3.8, 4) is 0 Å². The molecule has 1 rings (SSSR count). The first-order valence-electron chi connectivity index (χ1n) is 4.96. The van der Waals surface area contributed by atoms with Gasteiger partial charge in [0.25, 0.3) is 0 Å². The Hall–Kier alpha value is -1.00. The largest absolute Gasteiger partial charge is 0.375 e. The van der Waals surface area contributed by atoms with E-state index in [1.54, 1.807) is 0 Å². The number of likely N-dealkylation sites (N-methyl/N-ethyl adjacent to an activating group) is 1. The topological polar surface area (TPSA) is 21.3 Å². The van der Waals surface area contributed by atoms with Crippen molar-refractivity contribution in [3.63, 3.8) is 0 Å². The van der Waals surface area contributed by atoms with Gasteiger partial charge in [-0.2, -0.15) is 0 Å². The second kappa shape index (κ2) is 6.48. The lowest BCUT2D eigenvalue weighted by molar-refractivity contribution is 0.120. The Kier molecular flexibility index (Phi) is 5.21. The molecule has 4 heteroatoms. The molecule has 0 aliphatic rings. The van der Waals surface area contributed by atoms with Gasteiger partial charge in [0.1, 0.15) is 11.6 Å². The van der Waals surface area contributed by atoms with E-state index in [1.807, 2.05) is 6.92 Å². The summed E-state index contributed by atoms with van der Waals surface area (Å²) in [6, 6.07) is 3.49. The molecule has 15 heavy (non-hydrogen) atoms. The van der Waals surface area contributed by atoms with Crippen LogP contribution in [-0.2, 0) is 11.3 Å². The second-order valence-electron chi connectivity index (χ2n) is 3.14. The van der Waals surface area contributed by atoms with Gasteiger partial charge in [-0.15, -0.1) is 0 Å². The van der Waals surface area contributed by atoms with Crippen molar-refractivity contribution in [2.24, 2.45) is 0 Å². The third-order valence-corrected chi connectivity index (χ3v) is 1.95. The number of ether oxygens (including phenoxy) is 1. The predicted octanol–water partition coefficient (Wildman–Crippen LogP) is 2.09. The molecule has 0 aliphatic carbocycles. The average molecular weight is 215 g/mol. The maximum absolute atomic E-state index is 13.1. The maximum Gasteiger partial charge on any atom is 0.131 e. The zero-order chi connectivity index (χ0) is 11.1. The molecule has 0 saturated heterocycles. The van der Waals surface area contributed by atoms with Crippen LogP contribution < -0.4 is 5.32 Å². The van der Waals surface area contributed by atoms with E-state index in [0.717, 1.165) is 19.2 Å². The highest BCUT2D eigenvalue weighted by Crippen LogP contribution is 2.10. The van der Waals surface area contributed by atoms with E-state index < -0.39 is 11.6 Å². The quantitative estimate of drug-likeness (QED) is 0.734. The van der Waals surface area contributed by atoms with E-state index in [2.05, 4.69) is 5.32 Å². The summed E-state index contributed by atoms with van der Waals surface area (Å²) in [5, 5.41) is 3.08. The fraction of sp³-hybridized carbons (Fsp3) is 0.455. The van der Waals surface area contributed by atoms with E-state index in [-0.39, 0.29) is 6.61 Å². The number of benzene rings is 1. The Bertz CT molecular complexity index is 305. The standard InChI is InChI=1S/C11H15F2NO/c1-2-14-5-6-15-8-9-3-4-10(12)7-11(9)13/h3-4,7,14H,2,5-6,8H2,1H3. The third kappa shape index (κ3) is 4.36. The first-order valence-corrected chi connectivity index (χ1v) is 4.96. The van der Waals surface area contributed by atoms with Crippen LogP contribution in [-0.4, -0.2) is 19.7 Å². The van der Waals surface area contributed by atoms with Crippen molar-refractivity contribution in [1.29, 1.82) is 0 Å². The number of hydrogen-bond donors (Lipinski definition) is 1. The normalized spacial score (nSPS) is 10.6. The smallest absolute Gasteiger partial charge is 0.131 e. The second-order valence-corrected chi connectivity index (χ2v) is 3.14. The summed E-state index contributed by atoms with van der Waals surface area (Å²) in [5.74, 6) is -1.12. The highest BCUT2D eigenvalue weighted by molar-refractivity contribution is 5.17. The van der Waals surface area contributed by atoms with E-state index >= 15 is 0 Å². The van der Waals surface area contributed by atoms with Gasteiger partial charge in [0.2, 0.25) is 0 Å². The van der Waals surface area contributed by atoms with Crippen molar-refractivity contribution < 1.29 is 13.5 Å². The maximum atomic E-state index is 13.1. The van der Waals surface area contributed by atoms with Crippen LogP contribution in [0.3, 0.4) is 0 Å². The lowest BCUT2D eigenvalue weighted by atomic mass is 10.2. The van der Waals surface area contributed by atoms with Crippen LogP contribution in [0.4, 0.5) is 8.78 Å². The Labute approximate surface area is 88.3 Å². The summed E-state index contributed by atoms with van der Waals surface area (Å²) in [7, 11) is 0. The SMILES string of the molecule is CCNCCOCc1ccc(F)cc1F. The van der Waals surface area contributed by atoms with Crippen LogP contribution in [0.15, 0.2) is 18.2 Å². The van der Waals surface area contributed by atoms with Crippen molar-refractivity contribution >= 4 is 0 Å². The van der Waals surface area contributed by atoms with E-state index in [9.17, 15) is 8.78 Å². The third-order valence-electron chi connectivity index (χ3n) is 1.95. The molecule has 0 aromatic heterocycles. The Balaban J connectivity index is 2.31. The van der Waals surface area contributed by atoms with Gasteiger partial charge in [-0.1, -0.05) is 13.0 Å². The number of hydrogen-bond acceptors (Lipinski definition) is 2. The molecule has 1 N–H and O–H groups in total. The fourth-order valence-electron chi connectivity index (χ4n) is 1.14. The highest BCUT2D eigenvalue weighted by atomic mass is 19.1. The first-order chi connectivity index (χ1) is 7.24. The molecule has 0 aliphatic heterocycles. The molecule has 0 atom stereocenters. The first kappa shape index (κ1) is 12.1. The van der Waals surface area contributed by atoms with Crippen LogP contribution in [0.25, 0.3) is 0 Å². The molecule has 0 amide bonds. The van der Waals surface area contributed by atoms with E-state index in [1.165, 1.54) is 12.1 Å². The Morgan fingerprint density at radius 3 is 2.80 bits per heavy atom. The molecule has 1 aromatic carbocycles. The van der Waals surface area contributed by atoms with Gasteiger partial charge in [-0.25, -0.2) is 8.78 Å². The number of nitrogens with one attached hydrogen (secondary N) is 1. The molecule has 0 bridgehead atoms. The number of halogens is 2.